The zero-order valence-corrected chi connectivity index (χ0v) is 14.1. The lowest BCUT2D eigenvalue weighted by molar-refractivity contribution is -0.119. The maximum Gasteiger partial charge on any atom is 0.341 e. The van der Waals surface area contributed by atoms with Gasteiger partial charge in [-0.2, -0.15) is 0 Å². The lowest BCUT2D eigenvalue weighted by Crippen LogP contribution is -2.30. The number of carbonyl (C=O) groups is 3. The van der Waals surface area contributed by atoms with E-state index in [-0.39, 0.29) is 12.2 Å². The SMILES string of the molecule is CCOC(=O)c1c(N2C(=O)C=CC2=O)sc(C)c1-c1ccccc1. The van der Waals surface area contributed by atoms with Crippen LogP contribution >= 0.6 is 11.3 Å². The summed E-state index contributed by atoms with van der Waals surface area (Å²) in [6, 6.07) is 9.39. The van der Waals surface area contributed by atoms with Gasteiger partial charge >= 0.3 is 5.97 Å². The molecule has 6 heteroatoms. The van der Waals surface area contributed by atoms with E-state index in [0.717, 1.165) is 15.3 Å². The van der Waals surface area contributed by atoms with Crippen LogP contribution in [0.15, 0.2) is 42.5 Å². The molecule has 0 spiro atoms. The molecule has 122 valence electrons. The molecule has 0 atom stereocenters. The first kappa shape index (κ1) is 16.1. The molecule has 1 aliphatic heterocycles. The molecule has 0 saturated heterocycles. The minimum Gasteiger partial charge on any atom is -0.462 e. The van der Waals surface area contributed by atoms with E-state index in [2.05, 4.69) is 0 Å². The second-order valence-electron chi connectivity index (χ2n) is 5.15. The van der Waals surface area contributed by atoms with E-state index < -0.39 is 17.8 Å². The van der Waals surface area contributed by atoms with Crippen LogP contribution < -0.4 is 4.90 Å². The number of imide groups is 1. The summed E-state index contributed by atoms with van der Waals surface area (Å²) in [6.07, 6.45) is 2.41. The molecule has 2 heterocycles. The molecule has 0 radical (unpaired) electrons. The van der Waals surface area contributed by atoms with Crippen molar-refractivity contribution in [1.82, 2.24) is 0 Å². The molecule has 0 bridgehead atoms. The first-order valence-corrected chi connectivity index (χ1v) is 8.28. The molecule has 1 aromatic heterocycles. The number of esters is 1. The van der Waals surface area contributed by atoms with Crippen molar-refractivity contribution in [3.63, 3.8) is 0 Å². The van der Waals surface area contributed by atoms with Crippen molar-refractivity contribution < 1.29 is 19.1 Å². The van der Waals surface area contributed by atoms with E-state index >= 15 is 0 Å². The zero-order chi connectivity index (χ0) is 17.3. The van der Waals surface area contributed by atoms with Crippen LogP contribution in [-0.4, -0.2) is 24.4 Å². The minimum absolute atomic E-state index is 0.210. The smallest absolute Gasteiger partial charge is 0.341 e. The molecule has 0 aliphatic carbocycles. The molecule has 0 saturated carbocycles. The Morgan fingerprint density at radius 3 is 2.33 bits per heavy atom. The van der Waals surface area contributed by atoms with E-state index in [1.54, 1.807) is 6.92 Å². The second kappa shape index (κ2) is 6.41. The van der Waals surface area contributed by atoms with Gasteiger partial charge in [-0.05, 0) is 19.4 Å². The summed E-state index contributed by atoms with van der Waals surface area (Å²) in [5, 5.41) is 0.310. The van der Waals surface area contributed by atoms with E-state index in [4.69, 9.17) is 4.74 Å². The third kappa shape index (κ3) is 2.65. The number of benzene rings is 1. The van der Waals surface area contributed by atoms with Gasteiger partial charge in [0.1, 0.15) is 10.6 Å². The topological polar surface area (TPSA) is 63.7 Å². The van der Waals surface area contributed by atoms with Gasteiger partial charge in [0.15, 0.2) is 0 Å². The molecule has 5 nitrogen and oxygen atoms in total. The Hall–Kier alpha value is -2.73. The average molecular weight is 341 g/mol. The first-order chi connectivity index (χ1) is 11.5. The van der Waals surface area contributed by atoms with Gasteiger partial charge in [0.25, 0.3) is 11.8 Å². The summed E-state index contributed by atoms with van der Waals surface area (Å²) >= 11 is 1.24. The molecular formula is C18H15NO4S. The van der Waals surface area contributed by atoms with Gasteiger partial charge in [-0.15, -0.1) is 11.3 Å². The van der Waals surface area contributed by atoms with Gasteiger partial charge in [-0.3, -0.25) is 9.59 Å². The highest BCUT2D eigenvalue weighted by Gasteiger charge is 2.34. The molecule has 1 aliphatic rings. The predicted octanol–water partition coefficient (Wildman–Crippen LogP) is 3.33. The molecule has 3 rings (SSSR count). The molecule has 1 aromatic carbocycles. The van der Waals surface area contributed by atoms with Gasteiger partial charge in [0.2, 0.25) is 0 Å². The van der Waals surface area contributed by atoms with E-state index in [0.29, 0.717) is 10.6 Å². The van der Waals surface area contributed by atoms with Gasteiger partial charge in [-0.25, -0.2) is 9.69 Å². The number of aryl methyl sites for hydroxylation is 1. The van der Waals surface area contributed by atoms with Crippen molar-refractivity contribution in [2.24, 2.45) is 0 Å². The van der Waals surface area contributed by atoms with Crippen molar-refractivity contribution in [2.75, 3.05) is 11.5 Å². The number of hydrogen-bond donors (Lipinski definition) is 0. The third-order valence-corrected chi connectivity index (χ3v) is 4.71. The Morgan fingerprint density at radius 2 is 1.75 bits per heavy atom. The number of hydrogen-bond acceptors (Lipinski definition) is 5. The lowest BCUT2D eigenvalue weighted by Gasteiger charge is -2.14. The van der Waals surface area contributed by atoms with E-state index in [1.807, 2.05) is 37.3 Å². The molecule has 2 aromatic rings. The Kier molecular flexibility index (Phi) is 4.31. The molecule has 24 heavy (non-hydrogen) atoms. The summed E-state index contributed by atoms with van der Waals surface area (Å²) in [4.78, 5) is 38.5. The summed E-state index contributed by atoms with van der Waals surface area (Å²) in [5.41, 5.74) is 1.80. The number of thiophene rings is 1. The van der Waals surface area contributed by atoms with Crippen LogP contribution in [0.3, 0.4) is 0 Å². The maximum atomic E-state index is 12.6. The molecule has 0 N–H and O–H groups in total. The lowest BCUT2D eigenvalue weighted by atomic mass is 10.0. The second-order valence-corrected chi connectivity index (χ2v) is 6.35. The van der Waals surface area contributed by atoms with Crippen LogP contribution in [0.1, 0.15) is 22.2 Å². The van der Waals surface area contributed by atoms with Crippen LogP contribution in [0.4, 0.5) is 5.00 Å². The highest BCUT2D eigenvalue weighted by molar-refractivity contribution is 7.17. The Labute approximate surface area is 143 Å². The number of nitrogens with zero attached hydrogens (tertiary/aromatic N) is 1. The van der Waals surface area contributed by atoms with E-state index in [1.165, 1.54) is 23.5 Å². The summed E-state index contributed by atoms with van der Waals surface area (Å²) in [7, 11) is 0. The molecular weight excluding hydrogens is 326 g/mol. The number of anilines is 1. The van der Waals surface area contributed by atoms with Gasteiger partial charge in [0.05, 0.1) is 6.61 Å². The first-order valence-electron chi connectivity index (χ1n) is 7.46. The average Bonchev–Trinajstić information content (AvgIpc) is 3.07. The van der Waals surface area contributed by atoms with Gasteiger partial charge in [-0.1, -0.05) is 30.3 Å². The fourth-order valence-corrected chi connectivity index (χ4v) is 3.80. The Morgan fingerprint density at radius 1 is 1.12 bits per heavy atom. The summed E-state index contributed by atoms with van der Waals surface area (Å²) in [6.45, 7) is 3.78. The summed E-state index contributed by atoms with van der Waals surface area (Å²) < 4.78 is 5.17. The van der Waals surface area contributed by atoms with Crippen molar-refractivity contribution in [2.45, 2.75) is 13.8 Å². The van der Waals surface area contributed by atoms with Gasteiger partial charge in [0, 0.05) is 22.6 Å². The molecule has 0 fully saturated rings. The molecule has 2 amide bonds. The summed E-state index contributed by atoms with van der Waals surface area (Å²) in [5.74, 6) is -1.44. The highest BCUT2D eigenvalue weighted by Crippen LogP contribution is 2.43. The highest BCUT2D eigenvalue weighted by atomic mass is 32.1. The Bertz CT molecular complexity index is 833. The quantitative estimate of drug-likeness (QED) is 0.632. The fourth-order valence-electron chi connectivity index (χ4n) is 2.63. The Balaban J connectivity index is 2.22. The monoisotopic (exact) mass is 341 g/mol. The van der Waals surface area contributed by atoms with Crippen LogP contribution in [-0.2, 0) is 14.3 Å². The van der Waals surface area contributed by atoms with Gasteiger partial charge < -0.3 is 4.74 Å². The number of rotatable bonds is 4. The van der Waals surface area contributed by atoms with Crippen LogP contribution in [0, 0.1) is 6.92 Å². The largest absolute Gasteiger partial charge is 0.462 e. The van der Waals surface area contributed by atoms with Crippen molar-refractivity contribution >= 4 is 34.1 Å². The van der Waals surface area contributed by atoms with Crippen molar-refractivity contribution in [3.05, 3.63) is 52.9 Å². The van der Waals surface area contributed by atoms with Crippen molar-refractivity contribution in [1.29, 1.82) is 0 Å². The zero-order valence-electron chi connectivity index (χ0n) is 13.2. The van der Waals surface area contributed by atoms with Crippen molar-refractivity contribution in [3.8, 4) is 11.1 Å². The minimum atomic E-state index is -0.539. The maximum absolute atomic E-state index is 12.6. The van der Waals surface area contributed by atoms with Crippen LogP contribution in [0.2, 0.25) is 0 Å². The van der Waals surface area contributed by atoms with E-state index in [9.17, 15) is 14.4 Å². The normalized spacial score (nSPS) is 13.7. The van der Waals surface area contributed by atoms with Crippen LogP contribution in [0.25, 0.3) is 11.1 Å². The number of carbonyl (C=O) groups excluding carboxylic acids is 3. The number of ether oxygens (including phenoxy) is 1. The van der Waals surface area contributed by atoms with Crippen LogP contribution in [0.5, 0.6) is 0 Å². The number of amides is 2. The third-order valence-electron chi connectivity index (χ3n) is 3.62. The molecule has 0 unspecified atom stereocenters. The standard InChI is InChI=1S/C18H15NO4S/c1-3-23-18(22)16-15(12-7-5-4-6-8-12)11(2)24-17(16)19-13(20)9-10-14(19)21/h4-10H,3H2,1-2H3. The predicted molar refractivity (Wildman–Crippen MR) is 92.1 cm³/mol. The fraction of sp³-hybridized carbons (Fsp3) is 0.167.